The van der Waals surface area contributed by atoms with Crippen LogP contribution in [0.1, 0.15) is 19.4 Å². The van der Waals surface area contributed by atoms with Gasteiger partial charge in [0.15, 0.2) is 0 Å². The van der Waals surface area contributed by atoms with E-state index < -0.39 is 15.3 Å². The molecular formula is C12H15NO3S. The second-order valence-corrected chi connectivity index (χ2v) is 5.97. The van der Waals surface area contributed by atoms with Crippen molar-refractivity contribution >= 4 is 15.7 Å². The highest BCUT2D eigenvalue weighted by Crippen LogP contribution is 2.13. The molecule has 0 saturated carbocycles. The van der Waals surface area contributed by atoms with Crippen molar-refractivity contribution in [3.8, 4) is 11.8 Å². The van der Waals surface area contributed by atoms with Crippen molar-refractivity contribution in [2.75, 3.05) is 11.3 Å². The fraction of sp³-hybridized carbons (Fsp3) is 0.333. The first-order valence-corrected chi connectivity index (χ1v) is 6.72. The van der Waals surface area contributed by atoms with Gasteiger partial charge in [-0.3, -0.25) is 4.72 Å². The number of aliphatic hydroxyl groups excluding tert-OH is 1. The number of anilines is 1. The van der Waals surface area contributed by atoms with E-state index in [9.17, 15) is 8.42 Å². The molecular weight excluding hydrogens is 238 g/mol. The van der Waals surface area contributed by atoms with Crippen LogP contribution in [-0.2, 0) is 10.0 Å². The zero-order valence-electron chi connectivity index (χ0n) is 9.77. The maximum absolute atomic E-state index is 11.6. The smallest absolute Gasteiger partial charge is 0.235 e. The summed E-state index contributed by atoms with van der Waals surface area (Å²) in [5.41, 5.74) is 1.13. The van der Waals surface area contributed by atoms with Crippen molar-refractivity contribution in [3.63, 3.8) is 0 Å². The third kappa shape index (κ3) is 4.10. The van der Waals surface area contributed by atoms with Crippen LogP contribution in [0.25, 0.3) is 0 Å². The Morgan fingerprint density at radius 1 is 1.41 bits per heavy atom. The molecule has 0 radical (unpaired) electrons. The highest BCUT2D eigenvalue weighted by molar-refractivity contribution is 7.93. The van der Waals surface area contributed by atoms with Gasteiger partial charge in [0.2, 0.25) is 10.0 Å². The summed E-state index contributed by atoms with van der Waals surface area (Å²) < 4.78 is 25.8. The molecule has 4 nitrogen and oxygen atoms in total. The zero-order valence-corrected chi connectivity index (χ0v) is 10.6. The summed E-state index contributed by atoms with van der Waals surface area (Å²) in [5.74, 6) is 5.22. The Bertz CT molecular complexity index is 538. The van der Waals surface area contributed by atoms with Gasteiger partial charge in [-0.05, 0) is 32.0 Å². The second-order valence-electron chi connectivity index (χ2n) is 3.74. The molecule has 92 valence electrons. The van der Waals surface area contributed by atoms with Gasteiger partial charge in [-0.25, -0.2) is 8.42 Å². The second kappa shape index (κ2) is 5.71. The summed E-state index contributed by atoms with van der Waals surface area (Å²) >= 11 is 0. The van der Waals surface area contributed by atoms with E-state index in [1.54, 1.807) is 38.1 Å². The fourth-order valence-corrected chi connectivity index (χ4v) is 1.78. The minimum absolute atomic E-state index is 0.220. The van der Waals surface area contributed by atoms with Crippen LogP contribution < -0.4 is 4.72 Å². The number of benzene rings is 1. The van der Waals surface area contributed by atoms with E-state index in [0.29, 0.717) is 11.3 Å². The van der Waals surface area contributed by atoms with Crippen molar-refractivity contribution in [1.82, 2.24) is 0 Å². The van der Waals surface area contributed by atoms with Gasteiger partial charge in [-0.2, -0.15) is 0 Å². The first-order chi connectivity index (χ1) is 7.95. The van der Waals surface area contributed by atoms with E-state index in [2.05, 4.69) is 16.6 Å². The Kier molecular flexibility index (Phi) is 4.55. The Hall–Kier alpha value is -1.51. The monoisotopic (exact) mass is 253 g/mol. The maximum Gasteiger partial charge on any atom is 0.235 e. The Labute approximate surface area is 102 Å². The molecule has 0 bridgehead atoms. The maximum atomic E-state index is 11.6. The van der Waals surface area contributed by atoms with E-state index in [1.165, 1.54) is 0 Å². The lowest BCUT2D eigenvalue weighted by atomic mass is 10.2. The topological polar surface area (TPSA) is 66.4 Å². The molecule has 1 aromatic rings. The predicted octanol–water partition coefficient (Wildman–Crippen LogP) is 1.18. The molecule has 0 aliphatic carbocycles. The summed E-state index contributed by atoms with van der Waals surface area (Å²) in [4.78, 5) is 0. The molecule has 0 aromatic heterocycles. The largest absolute Gasteiger partial charge is 0.384 e. The van der Waals surface area contributed by atoms with E-state index in [1.807, 2.05) is 0 Å². The third-order valence-electron chi connectivity index (χ3n) is 2.06. The van der Waals surface area contributed by atoms with Gasteiger partial charge in [-0.1, -0.05) is 17.9 Å². The van der Waals surface area contributed by atoms with Gasteiger partial charge >= 0.3 is 0 Å². The van der Waals surface area contributed by atoms with E-state index >= 15 is 0 Å². The average molecular weight is 253 g/mol. The molecule has 0 unspecified atom stereocenters. The molecule has 2 N–H and O–H groups in total. The first kappa shape index (κ1) is 13.6. The molecule has 17 heavy (non-hydrogen) atoms. The molecule has 5 heteroatoms. The van der Waals surface area contributed by atoms with Gasteiger partial charge in [0.25, 0.3) is 0 Å². The fourth-order valence-electron chi connectivity index (χ4n) is 1.08. The molecule has 0 spiro atoms. The lowest BCUT2D eigenvalue weighted by Gasteiger charge is -2.10. The van der Waals surface area contributed by atoms with E-state index in [4.69, 9.17) is 5.11 Å². The van der Waals surface area contributed by atoms with Crippen LogP contribution in [0.3, 0.4) is 0 Å². The SMILES string of the molecule is CC(C)S(=O)(=O)Nc1cccc(C#CCO)c1. The highest BCUT2D eigenvalue weighted by Gasteiger charge is 2.15. The lowest BCUT2D eigenvalue weighted by molar-refractivity contribution is 0.350. The molecule has 0 fully saturated rings. The summed E-state index contributed by atoms with van der Waals surface area (Å²) in [7, 11) is -3.34. The quantitative estimate of drug-likeness (QED) is 0.795. The van der Waals surface area contributed by atoms with Crippen molar-refractivity contribution in [1.29, 1.82) is 0 Å². The van der Waals surface area contributed by atoms with Crippen LogP contribution in [0.2, 0.25) is 0 Å². The minimum atomic E-state index is -3.34. The summed E-state index contributed by atoms with van der Waals surface area (Å²) in [6.07, 6.45) is 0. The number of hydrogen-bond donors (Lipinski definition) is 2. The standard InChI is InChI=1S/C12H15NO3S/c1-10(2)17(15,16)13-12-7-3-5-11(9-12)6-4-8-14/h3,5,7,9-10,13-14H,8H2,1-2H3. The third-order valence-corrected chi connectivity index (χ3v) is 3.82. The Balaban J connectivity index is 2.94. The molecule has 0 amide bonds. The Morgan fingerprint density at radius 3 is 2.71 bits per heavy atom. The summed E-state index contributed by atoms with van der Waals surface area (Å²) in [6, 6.07) is 6.74. The molecule has 0 aliphatic heterocycles. The molecule has 0 heterocycles. The van der Waals surface area contributed by atoms with Crippen LogP contribution in [0.15, 0.2) is 24.3 Å². The van der Waals surface area contributed by atoms with Crippen LogP contribution in [0.5, 0.6) is 0 Å². The molecule has 0 saturated heterocycles. The van der Waals surface area contributed by atoms with Crippen molar-refractivity contribution in [2.24, 2.45) is 0 Å². The van der Waals surface area contributed by atoms with Crippen molar-refractivity contribution in [3.05, 3.63) is 29.8 Å². The number of hydrogen-bond acceptors (Lipinski definition) is 3. The average Bonchev–Trinajstić information content (AvgIpc) is 2.26. The van der Waals surface area contributed by atoms with Gasteiger partial charge in [0, 0.05) is 11.3 Å². The highest BCUT2D eigenvalue weighted by atomic mass is 32.2. The predicted molar refractivity (Wildman–Crippen MR) is 68.1 cm³/mol. The van der Waals surface area contributed by atoms with Crippen LogP contribution in [-0.4, -0.2) is 25.4 Å². The summed E-state index contributed by atoms with van der Waals surface area (Å²) in [6.45, 7) is 3.00. The van der Waals surface area contributed by atoms with Crippen LogP contribution >= 0.6 is 0 Å². The van der Waals surface area contributed by atoms with E-state index in [0.717, 1.165) is 0 Å². The van der Waals surface area contributed by atoms with Crippen LogP contribution in [0, 0.1) is 11.8 Å². The van der Waals surface area contributed by atoms with Gasteiger partial charge in [0.1, 0.15) is 6.61 Å². The minimum Gasteiger partial charge on any atom is -0.384 e. The van der Waals surface area contributed by atoms with Crippen LogP contribution in [0.4, 0.5) is 5.69 Å². The first-order valence-electron chi connectivity index (χ1n) is 5.17. The molecule has 0 aliphatic rings. The number of nitrogens with one attached hydrogen (secondary N) is 1. The number of sulfonamides is 1. The number of aliphatic hydroxyl groups is 1. The van der Waals surface area contributed by atoms with Crippen molar-refractivity contribution in [2.45, 2.75) is 19.1 Å². The van der Waals surface area contributed by atoms with E-state index in [-0.39, 0.29) is 6.61 Å². The van der Waals surface area contributed by atoms with Crippen molar-refractivity contribution < 1.29 is 13.5 Å². The van der Waals surface area contributed by atoms with Gasteiger partial charge in [0.05, 0.1) is 5.25 Å². The summed E-state index contributed by atoms with van der Waals surface area (Å²) in [5, 5.41) is 8.08. The molecule has 1 aromatic carbocycles. The van der Waals surface area contributed by atoms with Gasteiger partial charge in [-0.15, -0.1) is 0 Å². The van der Waals surface area contributed by atoms with Gasteiger partial charge < -0.3 is 5.11 Å². The number of rotatable bonds is 3. The lowest BCUT2D eigenvalue weighted by Crippen LogP contribution is -2.22. The molecule has 1 rings (SSSR count). The zero-order chi connectivity index (χ0) is 12.9. The normalized spacial score (nSPS) is 10.8. The Morgan fingerprint density at radius 2 is 2.12 bits per heavy atom. The molecule has 0 atom stereocenters.